The molecular formula is C31H30ClN3O5. The molecule has 2 aliphatic rings. The minimum absolute atomic E-state index is 0.0943. The summed E-state index contributed by atoms with van der Waals surface area (Å²) >= 11 is 6.02. The Morgan fingerprint density at radius 1 is 0.900 bits per heavy atom. The Morgan fingerprint density at radius 3 is 2.27 bits per heavy atom. The summed E-state index contributed by atoms with van der Waals surface area (Å²) in [5.41, 5.74) is 2.15. The zero-order chi connectivity index (χ0) is 28.1. The lowest BCUT2D eigenvalue weighted by molar-refractivity contribution is -0.121. The Balaban J connectivity index is 1.12. The molecule has 2 amide bonds. The SMILES string of the molecule is O=C(OCC(=O)c1ccccc1Cl)c1ccc(N2C(=O)CC(NC3CCN(Cc4ccccc4)CC3)C2=O)cc1. The van der Waals surface area contributed by atoms with Crippen LogP contribution in [0.2, 0.25) is 5.02 Å². The van der Waals surface area contributed by atoms with Gasteiger partial charge in [0.15, 0.2) is 6.61 Å². The number of likely N-dealkylation sites (tertiary alicyclic amines) is 1. The number of Topliss-reactive ketones (excluding diaryl/α,β-unsaturated/α-hetero) is 1. The number of carbonyl (C=O) groups is 4. The minimum Gasteiger partial charge on any atom is -0.454 e. The van der Waals surface area contributed by atoms with E-state index in [0.29, 0.717) is 5.69 Å². The van der Waals surface area contributed by atoms with E-state index in [4.69, 9.17) is 16.3 Å². The van der Waals surface area contributed by atoms with E-state index in [-0.39, 0.29) is 40.4 Å². The maximum Gasteiger partial charge on any atom is 0.338 e. The second-order valence-corrected chi connectivity index (χ2v) is 10.5. The van der Waals surface area contributed by atoms with Crippen molar-refractivity contribution in [3.05, 3.63) is 101 Å². The Morgan fingerprint density at radius 2 is 1.57 bits per heavy atom. The smallest absolute Gasteiger partial charge is 0.338 e. The van der Waals surface area contributed by atoms with Crippen LogP contribution in [0.4, 0.5) is 5.69 Å². The van der Waals surface area contributed by atoms with Crippen LogP contribution >= 0.6 is 11.6 Å². The van der Waals surface area contributed by atoms with Crippen molar-refractivity contribution in [3.63, 3.8) is 0 Å². The summed E-state index contributed by atoms with van der Waals surface area (Å²) in [4.78, 5) is 54.3. The number of piperidine rings is 1. The lowest BCUT2D eigenvalue weighted by Crippen LogP contribution is -2.48. The van der Waals surface area contributed by atoms with Crippen molar-refractivity contribution in [1.82, 2.24) is 10.2 Å². The van der Waals surface area contributed by atoms with Gasteiger partial charge >= 0.3 is 5.97 Å². The fraction of sp³-hybridized carbons (Fsp3) is 0.290. The predicted molar refractivity (Wildman–Crippen MR) is 151 cm³/mol. The van der Waals surface area contributed by atoms with Gasteiger partial charge in [-0.15, -0.1) is 0 Å². The first-order chi connectivity index (χ1) is 19.4. The fourth-order valence-electron chi connectivity index (χ4n) is 5.14. The molecule has 0 aliphatic carbocycles. The Kier molecular flexibility index (Phi) is 8.69. The zero-order valence-electron chi connectivity index (χ0n) is 21.9. The van der Waals surface area contributed by atoms with E-state index in [1.807, 2.05) is 18.2 Å². The van der Waals surface area contributed by atoms with Crippen LogP contribution in [-0.4, -0.2) is 60.2 Å². The first kappa shape index (κ1) is 27.7. The number of halogens is 1. The summed E-state index contributed by atoms with van der Waals surface area (Å²) < 4.78 is 5.14. The molecule has 0 radical (unpaired) electrons. The third-order valence-electron chi connectivity index (χ3n) is 7.29. The normalized spacial score (nSPS) is 18.2. The van der Waals surface area contributed by atoms with Gasteiger partial charge in [-0.1, -0.05) is 54.1 Å². The summed E-state index contributed by atoms with van der Waals surface area (Å²) in [6, 6.07) is 22.5. The Bertz CT molecular complexity index is 1390. The van der Waals surface area contributed by atoms with Gasteiger partial charge in [0.1, 0.15) is 0 Å². The maximum atomic E-state index is 13.1. The molecule has 1 atom stereocenters. The fourth-order valence-corrected chi connectivity index (χ4v) is 5.38. The molecule has 0 spiro atoms. The molecule has 3 aromatic carbocycles. The van der Waals surface area contributed by atoms with E-state index >= 15 is 0 Å². The van der Waals surface area contributed by atoms with Crippen LogP contribution in [-0.2, 0) is 20.9 Å². The lowest BCUT2D eigenvalue weighted by Gasteiger charge is -2.33. The average molecular weight is 560 g/mol. The first-order valence-electron chi connectivity index (χ1n) is 13.3. The zero-order valence-corrected chi connectivity index (χ0v) is 22.7. The van der Waals surface area contributed by atoms with Gasteiger partial charge in [0.05, 0.1) is 28.7 Å². The van der Waals surface area contributed by atoms with Gasteiger partial charge in [0, 0.05) is 18.2 Å². The van der Waals surface area contributed by atoms with Crippen LogP contribution in [0.1, 0.15) is 45.5 Å². The van der Waals surface area contributed by atoms with E-state index in [9.17, 15) is 19.2 Å². The largest absolute Gasteiger partial charge is 0.454 e. The molecule has 0 saturated carbocycles. The molecule has 2 saturated heterocycles. The summed E-state index contributed by atoms with van der Waals surface area (Å²) in [7, 11) is 0. The molecule has 9 heteroatoms. The number of anilines is 1. The molecule has 40 heavy (non-hydrogen) atoms. The number of rotatable bonds is 9. The third kappa shape index (κ3) is 6.47. The highest BCUT2D eigenvalue weighted by molar-refractivity contribution is 6.34. The van der Waals surface area contributed by atoms with Crippen molar-refractivity contribution in [2.24, 2.45) is 0 Å². The third-order valence-corrected chi connectivity index (χ3v) is 7.62. The topological polar surface area (TPSA) is 96.0 Å². The van der Waals surface area contributed by atoms with Crippen LogP contribution in [0.15, 0.2) is 78.9 Å². The standard InChI is InChI=1S/C31H30ClN3O5/c32-26-9-5-4-8-25(26)28(36)20-40-31(39)22-10-12-24(13-11-22)35-29(37)18-27(30(35)38)33-23-14-16-34(17-15-23)19-21-6-2-1-3-7-21/h1-13,23,27,33H,14-20H2. The van der Waals surface area contributed by atoms with E-state index in [1.54, 1.807) is 24.3 Å². The van der Waals surface area contributed by atoms with Crippen molar-refractivity contribution in [1.29, 1.82) is 0 Å². The van der Waals surface area contributed by atoms with Crippen LogP contribution in [0.5, 0.6) is 0 Å². The summed E-state index contributed by atoms with van der Waals surface area (Å²) in [6.07, 6.45) is 1.90. The molecular weight excluding hydrogens is 530 g/mol. The Hall–Kier alpha value is -3.85. The van der Waals surface area contributed by atoms with Crippen molar-refractivity contribution in [2.75, 3.05) is 24.6 Å². The van der Waals surface area contributed by atoms with E-state index in [1.165, 1.54) is 29.8 Å². The number of esters is 1. The molecule has 8 nitrogen and oxygen atoms in total. The van der Waals surface area contributed by atoms with Crippen LogP contribution in [0.3, 0.4) is 0 Å². The highest BCUT2D eigenvalue weighted by atomic mass is 35.5. The number of ketones is 1. The van der Waals surface area contributed by atoms with E-state index in [0.717, 1.165) is 37.4 Å². The minimum atomic E-state index is -0.691. The van der Waals surface area contributed by atoms with Crippen LogP contribution in [0.25, 0.3) is 0 Å². The van der Waals surface area contributed by atoms with E-state index in [2.05, 4.69) is 22.3 Å². The molecule has 5 rings (SSSR count). The highest BCUT2D eigenvalue weighted by Gasteiger charge is 2.40. The molecule has 2 aliphatic heterocycles. The van der Waals surface area contributed by atoms with Gasteiger partial charge in [-0.05, 0) is 67.9 Å². The lowest BCUT2D eigenvalue weighted by atomic mass is 10.0. The number of hydrogen-bond donors (Lipinski definition) is 1. The quantitative estimate of drug-likeness (QED) is 0.238. The number of ether oxygens (including phenoxy) is 1. The van der Waals surface area contributed by atoms with Crippen molar-refractivity contribution >= 4 is 40.9 Å². The molecule has 1 unspecified atom stereocenters. The van der Waals surface area contributed by atoms with Gasteiger partial charge in [-0.2, -0.15) is 0 Å². The number of nitrogens with zero attached hydrogens (tertiary/aromatic N) is 2. The average Bonchev–Trinajstić information content (AvgIpc) is 3.25. The van der Waals surface area contributed by atoms with Crippen molar-refractivity contribution < 1.29 is 23.9 Å². The van der Waals surface area contributed by atoms with Gasteiger partial charge in [0.2, 0.25) is 11.7 Å². The summed E-state index contributed by atoms with van der Waals surface area (Å²) in [5.74, 6) is -1.68. The maximum absolute atomic E-state index is 13.1. The molecule has 3 aromatic rings. The monoisotopic (exact) mass is 559 g/mol. The molecule has 1 N–H and O–H groups in total. The van der Waals surface area contributed by atoms with Gasteiger partial charge in [-0.3, -0.25) is 19.3 Å². The molecule has 2 heterocycles. The number of imide groups is 1. The molecule has 0 bridgehead atoms. The van der Waals surface area contributed by atoms with Crippen molar-refractivity contribution in [2.45, 2.75) is 37.9 Å². The van der Waals surface area contributed by atoms with Crippen molar-refractivity contribution in [3.8, 4) is 0 Å². The first-order valence-corrected chi connectivity index (χ1v) is 13.7. The summed E-state index contributed by atoms with van der Waals surface area (Å²) in [6.45, 7) is 2.30. The molecule has 206 valence electrons. The number of benzene rings is 3. The summed E-state index contributed by atoms with van der Waals surface area (Å²) in [5, 5.41) is 3.69. The number of nitrogens with one attached hydrogen (secondary N) is 1. The molecule has 0 aromatic heterocycles. The van der Waals surface area contributed by atoms with E-state index < -0.39 is 24.4 Å². The van der Waals surface area contributed by atoms with Gasteiger partial charge < -0.3 is 10.1 Å². The van der Waals surface area contributed by atoms with Gasteiger partial charge in [-0.25, -0.2) is 9.69 Å². The Labute approximate surface area is 237 Å². The van der Waals surface area contributed by atoms with Crippen LogP contribution < -0.4 is 10.2 Å². The number of hydrogen-bond acceptors (Lipinski definition) is 7. The second-order valence-electron chi connectivity index (χ2n) is 10.1. The highest BCUT2D eigenvalue weighted by Crippen LogP contribution is 2.25. The molecule has 2 fully saturated rings. The second kappa shape index (κ2) is 12.6. The van der Waals surface area contributed by atoms with Crippen LogP contribution in [0, 0.1) is 0 Å². The number of amides is 2. The predicted octanol–water partition coefficient (Wildman–Crippen LogP) is 4.27. The number of carbonyl (C=O) groups excluding carboxylic acids is 4. The van der Waals surface area contributed by atoms with Gasteiger partial charge in [0.25, 0.3) is 5.91 Å².